The molecule has 0 aliphatic heterocycles. The number of halogens is 1. The molecule has 0 aliphatic rings. The van der Waals surface area contributed by atoms with Crippen molar-refractivity contribution in [3.05, 3.63) is 119 Å². The molecular formula is C29H23ClN4OS. The van der Waals surface area contributed by atoms with Gasteiger partial charge in [-0.15, -0.1) is 0 Å². The Morgan fingerprint density at radius 3 is 2.36 bits per heavy atom. The number of carbonyl (C=O) groups excluding carboxylic acids is 1. The lowest BCUT2D eigenvalue weighted by Crippen LogP contribution is -2.20. The number of hydrogen-bond donors (Lipinski definition) is 1. The second-order valence-electron chi connectivity index (χ2n) is 8.17. The van der Waals surface area contributed by atoms with Crippen LogP contribution in [0.1, 0.15) is 11.1 Å². The second kappa shape index (κ2) is 11.2. The van der Waals surface area contributed by atoms with Gasteiger partial charge in [0.2, 0.25) is 0 Å². The fourth-order valence-corrected chi connectivity index (χ4v) is 4.75. The largest absolute Gasteiger partial charge is 0.314 e. The first-order valence-corrected chi connectivity index (χ1v) is 12.8. The summed E-state index contributed by atoms with van der Waals surface area (Å²) in [5.74, 6) is 0.0102. The lowest BCUT2D eigenvalue weighted by atomic mass is 10.0. The Morgan fingerprint density at radius 1 is 0.889 bits per heavy atom. The van der Waals surface area contributed by atoms with Gasteiger partial charge in [-0.3, -0.25) is 4.79 Å². The van der Waals surface area contributed by atoms with Crippen molar-refractivity contribution in [1.29, 1.82) is 0 Å². The van der Waals surface area contributed by atoms with Crippen LogP contribution in [-0.2, 0) is 11.3 Å². The van der Waals surface area contributed by atoms with Crippen molar-refractivity contribution in [2.24, 2.45) is 5.10 Å². The van der Waals surface area contributed by atoms with Crippen molar-refractivity contribution in [2.75, 3.05) is 5.75 Å². The Bertz CT molecular complexity index is 1500. The third-order valence-corrected chi connectivity index (χ3v) is 6.85. The van der Waals surface area contributed by atoms with Crippen LogP contribution in [0.5, 0.6) is 0 Å². The van der Waals surface area contributed by atoms with Gasteiger partial charge in [-0.1, -0.05) is 102 Å². The number of imidazole rings is 1. The molecule has 0 saturated carbocycles. The zero-order valence-corrected chi connectivity index (χ0v) is 20.9. The van der Waals surface area contributed by atoms with Crippen molar-refractivity contribution in [3.63, 3.8) is 0 Å². The number of carbonyl (C=O) groups is 1. The topological polar surface area (TPSA) is 59.3 Å². The van der Waals surface area contributed by atoms with Crippen LogP contribution in [0.15, 0.2) is 113 Å². The predicted octanol–water partition coefficient (Wildman–Crippen LogP) is 6.65. The molecule has 7 heteroatoms. The molecule has 0 aliphatic carbocycles. The van der Waals surface area contributed by atoms with Gasteiger partial charge in [0.15, 0.2) is 5.16 Å². The number of amides is 1. The fraction of sp³-hybridized carbons (Fsp3) is 0.0690. The van der Waals surface area contributed by atoms with E-state index in [-0.39, 0.29) is 11.7 Å². The number of nitrogens with one attached hydrogen (secondary N) is 1. The number of hydrogen-bond acceptors (Lipinski definition) is 4. The van der Waals surface area contributed by atoms with Crippen molar-refractivity contribution in [1.82, 2.24) is 15.0 Å². The van der Waals surface area contributed by atoms with Crippen LogP contribution in [0.25, 0.3) is 22.2 Å². The van der Waals surface area contributed by atoms with E-state index in [2.05, 4.69) is 27.2 Å². The zero-order chi connectivity index (χ0) is 24.7. The van der Waals surface area contributed by atoms with E-state index in [0.29, 0.717) is 11.6 Å². The van der Waals surface area contributed by atoms with Crippen LogP contribution >= 0.6 is 23.4 Å². The van der Waals surface area contributed by atoms with Crippen molar-refractivity contribution in [3.8, 4) is 11.1 Å². The molecule has 1 aromatic heterocycles. The van der Waals surface area contributed by atoms with Crippen molar-refractivity contribution < 1.29 is 4.79 Å². The molecule has 0 fully saturated rings. The fourth-order valence-electron chi connectivity index (χ4n) is 3.82. The smallest absolute Gasteiger partial charge is 0.250 e. The Balaban J connectivity index is 1.21. The first kappa shape index (κ1) is 23.9. The molecule has 0 unspecified atom stereocenters. The number of benzene rings is 4. The number of rotatable bonds is 8. The van der Waals surface area contributed by atoms with E-state index >= 15 is 0 Å². The molecule has 0 bridgehead atoms. The van der Waals surface area contributed by atoms with Crippen LogP contribution < -0.4 is 5.43 Å². The minimum atomic E-state index is -0.192. The second-order valence-corrected chi connectivity index (χ2v) is 9.54. The summed E-state index contributed by atoms with van der Waals surface area (Å²) in [6.45, 7) is 0.638. The average Bonchev–Trinajstić information content (AvgIpc) is 3.27. The molecule has 0 atom stereocenters. The number of thioether (sulfide) groups is 1. The normalized spacial score (nSPS) is 11.2. The molecule has 0 radical (unpaired) electrons. The van der Waals surface area contributed by atoms with Gasteiger partial charge < -0.3 is 4.57 Å². The van der Waals surface area contributed by atoms with E-state index in [0.717, 1.165) is 38.4 Å². The molecule has 4 aromatic carbocycles. The zero-order valence-electron chi connectivity index (χ0n) is 19.3. The molecule has 0 saturated heterocycles. The summed E-state index contributed by atoms with van der Waals surface area (Å²) in [6.07, 6.45) is 1.65. The first-order valence-electron chi connectivity index (χ1n) is 11.5. The monoisotopic (exact) mass is 510 g/mol. The maximum atomic E-state index is 12.5. The standard InChI is InChI=1S/C29H23ClN4OS/c30-25-16-12-22(13-17-25)19-34-27-9-5-4-8-26(27)32-29(34)36-20-28(35)33-31-18-21-10-14-24(15-11-21)23-6-2-1-3-7-23/h1-18H,19-20H2,(H,33,35). The molecule has 5 aromatic rings. The molecule has 1 amide bonds. The lowest BCUT2D eigenvalue weighted by Gasteiger charge is -2.09. The van der Waals surface area contributed by atoms with Crippen LogP contribution in [0, 0.1) is 0 Å². The molecular weight excluding hydrogens is 488 g/mol. The Hall–Kier alpha value is -3.87. The molecule has 1 heterocycles. The third-order valence-electron chi connectivity index (χ3n) is 5.63. The average molecular weight is 511 g/mol. The van der Waals surface area contributed by atoms with E-state index in [1.807, 2.05) is 91.0 Å². The highest BCUT2D eigenvalue weighted by Crippen LogP contribution is 2.25. The summed E-state index contributed by atoms with van der Waals surface area (Å²) in [5, 5.41) is 5.60. The summed E-state index contributed by atoms with van der Waals surface area (Å²) in [7, 11) is 0. The number of fused-ring (bicyclic) bond motifs is 1. The summed E-state index contributed by atoms with van der Waals surface area (Å²) < 4.78 is 2.12. The van der Waals surface area contributed by atoms with Gasteiger partial charge in [-0.25, -0.2) is 10.4 Å². The minimum Gasteiger partial charge on any atom is -0.314 e. The highest BCUT2D eigenvalue weighted by atomic mass is 35.5. The van der Waals surface area contributed by atoms with Gasteiger partial charge in [0.1, 0.15) is 0 Å². The maximum absolute atomic E-state index is 12.5. The number of hydrazone groups is 1. The number of aromatic nitrogens is 2. The van der Waals surface area contributed by atoms with E-state index in [9.17, 15) is 4.79 Å². The van der Waals surface area contributed by atoms with Crippen LogP contribution in [-0.4, -0.2) is 27.4 Å². The number of para-hydroxylation sites is 2. The van der Waals surface area contributed by atoms with E-state index in [4.69, 9.17) is 16.6 Å². The van der Waals surface area contributed by atoms with E-state index in [1.165, 1.54) is 11.8 Å². The van der Waals surface area contributed by atoms with Gasteiger partial charge in [0.25, 0.3) is 5.91 Å². The van der Waals surface area contributed by atoms with Gasteiger partial charge in [-0.2, -0.15) is 5.10 Å². The molecule has 0 spiro atoms. The molecule has 5 nitrogen and oxygen atoms in total. The number of nitrogens with zero attached hydrogens (tertiary/aromatic N) is 3. The quantitative estimate of drug-likeness (QED) is 0.144. The summed E-state index contributed by atoms with van der Waals surface area (Å²) in [6, 6.07) is 33.9. The van der Waals surface area contributed by atoms with Crippen molar-refractivity contribution >= 4 is 46.5 Å². The van der Waals surface area contributed by atoms with Crippen LogP contribution in [0.2, 0.25) is 5.02 Å². The van der Waals surface area contributed by atoms with Gasteiger partial charge in [0, 0.05) is 5.02 Å². The van der Waals surface area contributed by atoms with E-state index in [1.54, 1.807) is 6.21 Å². The van der Waals surface area contributed by atoms with Gasteiger partial charge in [-0.05, 0) is 46.5 Å². The third kappa shape index (κ3) is 5.85. The summed E-state index contributed by atoms with van der Waals surface area (Å²) in [4.78, 5) is 17.2. The molecule has 5 rings (SSSR count). The Labute approximate surface area is 218 Å². The van der Waals surface area contributed by atoms with Crippen LogP contribution in [0.3, 0.4) is 0 Å². The Morgan fingerprint density at radius 2 is 1.58 bits per heavy atom. The van der Waals surface area contributed by atoms with Crippen molar-refractivity contribution in [2.45, 2.75) is 11.7 Å². The maximum Gasteiger partial charge on any atom is 0.250 e. The molecule has 36 heavy (non-hydrogen) atoms. The van der Waals surface area contributed by atoms with E-state index < -0.39 is 0 Å². The summed E-state index contributed by atoms with van der Waals surface area (Å²) >= 11 is 7.43. The molecule has 178 valence electrons. The van der Waals surface area contributed by atoms with Gasteiger partial charge >= 0.3 is 0 Å². The highest BCUT2D eigenvalue weighted by molar-refractivity contribution is 7.99. The first-order chi connectivity index (χ1) is 17.7. The highest BCUT2D eigenvalue weighted by Gasteiger charge is 2.13. The SMILES string of the molecule is O=C(CSc1nc2ccccc2n1Cc1ccc(Cl)cc1)NN=Cc1ccc(-c2ccccc2)cc1. The Kier molecular flexibility index (Phi) is 7.45. The summed E-state index contributed by atoms with van der Waals surface area (Å²) in [5.41, 5.74) is 8.84. The minimum absolute atomic E-state index is 0.192. The lowest BCUT2D eigenvalue weighted by molar-refractivity contribution is -0.118. The molecule has 1 N–H and O–H groups in total. The predicted molar refractivity (Wildman–Crippen MR) is 149 cm³/mol. The van der Waals surface area contributed by atoms with Gasteiger partial charge in [0.05, 0.1) is 29.5 Å². The van der Waals surface area contributed by atoms with Crippen LogP contribution in [0.4, 0.5) is 0 Å².